The summed E-state index contributed by atoms with van der Waals surface area (Å²) in [5, 5.41) is 16.5. The number of nitro benzene ring substituents is 1. The van der Waals surface area contributed by atoms with Crippen LogP contribution in [0.25, 0.3) is 0 Å². The van der Waals surface area contributed by atoms with Gasteiger partial charge in [-0.15, -0.1) is 0 Å². The molecule has 7 nitrogen and oxygen atoms in total. The summed E-state index contributed by atoms with van der Waals surface area (Å²) in [5.41, 5.74) is 0.452. The molecule has 0 saturated heterocycles. The van der Waals surface area contributed by atoms with Gasteiger partial charge in [-0.1, -0.05) is 0 Å². The number of amides is 1. The van der Waals surface area contributed by atoms with Crippen LogP contribution in [0.15, 0.2) is 18.2 Å². The van der Waals surface area contributed by atoms with Crippen LogP contribution in [0.1, 0.15) is 24.2 Å². The van der Waals surface area contributed by atoms with Crippen LogP contribution in [-0.2, 0) is 4.74 Å². The van der Waals surface area contributed by atoms with Crippen molar-refractivity contribution in [3.63, 3.8) is 0 Å². The molecule has 110 valence electrons. The van der Waals surface area contributed by atoms with E-state index in [1.165, 1.54) is 12.1 Å². The third kappa shape index (κ3) is 4.20. The van der Waals surface area contributed by atoms with Crippen LogP contribution < -0.4 is 10.6 Å². The smallest absolute Gasteiger partial charge is 0.282 e. The van der Waals surface area contributed by atoms with Crippen molar-refractivity contribution in [2.24, 2.45) is 0 Å². The Kier molecular flexibility index (Phi) is 5.92. The summed E-state index contributed by atoms with van der Waals surface area (Å²) in [4.78, 5) is 22.5. The van der Waals surface area contributed by atoms with Gasteiger partial charge >= 0.3 is 0 Å². The number of nitro groups is 1. The molecule has 7 heteroatoms. The fourth-order valence-corrected chi connectivity index (χ4v) is 1.67. The first-order valence-corrected chi connectivity index (χ1v) is 6.34. The Bertz CT molecular complexity index is 491. The van der Waals surface area contributed by atoms with E-state index in [4.69, 9.17) is 4.74 Å². The van der Waals surface area contributed by atoms with Crippen LogP contribution in [0.4, 0.5) is 11.4 Å². The third-order valence-electron chi connectivity index (χ3n) is 2.68. The Morgan fingerprint density at radius 1 is 1.50 bits per heavy atom. The van der Waals surface area contributed by atoms with Gasteiger partial charge in [0, 0.05) is 31.5 Å². The molecule has 1 aromatic carbocycles. The molecule has 1 aromatic rings. The quantitative estimate of drug-likeness (QED) is 0.587. The SMILES string of the molecule is CCOCC(C)NC(=O)c1cc(NC)ccc1[N+](=O)[O-]. The van der Waals surface area contributed by atoms with Crippen LogP contribution in [0.3, 0.4) is 0 Å². The maximum Gasteiger partial charge on any atom is 0.282 e. The molecule has 0 aliphatic carbocycles. The van der Waals surface area contributed by atoms with Crippen LogP contribution in [0.2, 0.25) is 0 Å². The first kappa shape index (κ1) is 15.9. The average Bonchev–Trinajstić information content (AvgIpc) is 2.44. The van der Waals surface area contributed by atoms with Crippen molar-refractivity contribution in [1.82, 2.24) is 5.32 Å². The molecule has 1 unspecified atom stereocenters. The van der Waals surface area contributed by atoms with Crippen LogP contribution in [-0.4, -0.2) is 37.1 Å². The van der Waals surface area contributed by atoms with Gasteiger partial charge in [0.2, 0.25) is 0 Å². The fraction of sp³-hybridized carbons (Fsp3) is 0.462. The van der Waals surface area contributed by atoms with E-state index in [2.05, 4.69) is 10.6 Å². The maximum absolute atomic E-state index is 12.1. The van der Waals surface area contributed by atoms with Gasteiger partial charge in [0.25, 0.3) is 11.6 Å². The van der Waals surface area contributed by atoms with Gasteiger partial charge in [-0.25, -0.2) is 0 Å². The highest BCUT2D eigenvalue weighted by atomic mass is 16.6. The molecule has 1 atom stereocenters. The van der Waals surface area contributed by atoms with Gasteiger partial charge in [0.1, 0.15) is 5.56 Å². The van der Waals surface area contributed by atoms with E-state index in [9.17, 15) is 14.9 Å². The largest absolute Gasteiger partial charge is 0.388 e. The van der Waals surface area contributed by atoms with Gasteiger partial charge < -0.3 is 15.4 Å². The highest BCUT2D eigenvalue weighted by Crippen LogP contribution is 2.22. The summed E-state index contributed by atoms with van der Waals surface area (Å²) in [6, 6.07) is 4.10. The minimum Gasteiger partial charge on any atom is -0.388 e. The van der Waals surface area contributed by atoms with Gasteiger partial charge in [-0.05, 0) is 26.0 Å². The number of nitrogens with zero attached hydrogens (tertiary/aromatic N) is 1. The number of anilines is 1. The Morgan fingerprint density at radius 3 is 2.75 bits per heavy atom. The zero-order valence-corrected chi connectivity index (χ0v) is 11.8. The first-order valence-electron chi connectivity index (χ1n) is 6.34. The molecule has 1 rings (SSSR count). The van der Waals surface area contributed by atoms with Gasteiger partial charge in [-0.3, -0.25) is 14.9 Å². The van der Waals surface area contributed by atoms with E-state index < -0.39 is 10.8 Å². The highest BCUT2D eigenvalue weighted by molar-refractivity contribution is 5.99. The molecule has 2 N–H and O–H groups in total. The molecule has 0 aliphatic heterocycles. The van der Waals surface area contributed by atoms with Crippen molar-refractivity contribution in [2.45, 2.75) is 19.9 Å². The minimum atomic E-state index is -0.568. The van der Waals surface area contributed by atoms with Gasteiger partial charge in [0.05, 0.1) is 11.5 Å². The van der Waals surface area contributed by atoms with Gasteiger partial charge in [0.15, 0.2) is 0 Å². The second kappa shape index (κ2) is 7.44. The lowest BCUT2D eigenvalue weighted by Crippen LogP contribution is -2.36. The van der Waals surface area contributed by atoms with E-state index >= 15 is 0 Å². The number of hydrogen-bond acceptors (Lipinski definition) is 5. The summed E-state index contributed by atoms with van der Waals surface area (Å²) < 4.78 is 5.19. The average molecular weight is 281 g/mol. The van der Waals surface area contributed by atoms with E-state index in [0.29, 0.717) is 18.9 Å². The summed E-state index contributed by atoms with van der Waals surface area (Å²) >= 11 is 0. The highest BCUT2D eigenvalue weighted by Gasteiger charge is 2.21. The van der Waals surface area contributed by atoms with Crippen LogP contribution in [0, 0.1) is 10.1 Å². The third-order valence-corrected chi connectivity index (χ3v) is 2.68. The Labute approximate surface area is 117 Å². The predicted octanol–water partition coefficient (Wildman–Crippen LogP) is 1.79. The van der Waals surface area contributed by atoms with Gasteiger partial charge in [-0.2, -0.15) is 0 Å². The molecule has 20 heavy (non-hydrogen) atoms. The van der Waals surface area contributed by atoms with E-state index in [1.807, 2.05) is 6.92 Å². The zero-order chi connectivity index (χ0) is 15.1. The monoisotopic (exact) mass is 281 g/mol. The Balaban J connectivity index is 2.92. The number of carbonyl (C=O) groups is 1. The molecular weight excluding hydrogens is 262 g/mol. The maximum atomic E-state index is 12.1. The van der Waals surface area contributed by atoms with Crippen molar-refractivity contribution in [3.05, 3.63) is 33.9 Å². The number of ether oxygens (including phenoxy) is 1. The molecule has 0 saturated carbocycles. The van der Waals surface area contributed by atoms with Crippen LogP contribution in [0.5, 0.6) is 0 Å². The molecule has 0 aromatic heterocycles. The van der Waals surface area contributed by atoms with E-state index in [1.54, 1.807) is 20.0 Å². The number of benzene rings is 1. The minimum absolute atomic E-state index is 0.0326. The Morgan fingerprint density at radius 2 is 2.20 bits per heavy atom. The molecule has 0 spiro atoms. The second-order valence-corrected chi connectivity index (χ2v) is 4.27. The number of rotatable bonds is 7. The van der Waals surface area contributed by atoms with Crippen LogP contribution >= 0.6 is 0 Å². The number of carbonyl (C=O) groups excluding carboxylic acids is 1. The lowest BCUT2D eigenvalue weighted by atomic mass is 10.1. The Hall–Kier alpha value is -2.15. The molecular formula is C13H19N3O4. The van der Waals surface area contributed by atoms with Crippen molar-refractivity contribution in [1.29, 1.82) is 0 Å². The van der Waals surface area contributed by atoms with Crippen molar-refractivity contribution in [3.8, 4) is 0 Å². The lowest BCUT2D eigenvalue weighted by molar-refractivity contribution is -0.385. The molecule has 1 amide bonds. The molecule has 0 heterocycles. The predicted molar refractivity (Wildman–Crippen MR) is 76.1 cm³/mol. The van der Waals surface area contributed by atoms with Crippen molar-refractivity contribution >= 4 is 17.3 Å². The standard InChI is InChI=1S/C13H19N3O4/c1-4-20-8-9(2)15-13(17)11-7-10(14-3)5-6-12(11)16(18)19/h5-7,9,14H,4,8H2,1-3H3,(H,15,17). The van der Waals surface area contributed by atoms with E-state index in [-0.39, 0.29) is 17.3 Å². The fourth-order valence-electron chi connectivity index (χ4n) is 1.67. The molecule has 0 aliphatic rings. The number of hydrogen-bond donors (Lipinski definition) is 2. The molecule has 0 radical (unpaired) electrons. The zero-order valence-electron chi connectivity index (χ0n) is 11.8. The summed E-state index contributed by atoms with van der Waals surface area (Å²) in [6.45, 7) is 4.55. The normalized spacial score (nSPS) is 11.8. The summed E-state index contributed by atoms with van der Waals surface area (Å²) in [5.74, 6) is -0.485. The first-order chi connectivity index (χ1) is 9.49. The number of nitrogens with one attached hydrogen (secondary N) is 2. The lowest BCUT2D eigenvalue weighted by Gasteiger charge is -2.14. The molecule has 0 fully saturated rings. The molecule has 0 bridgehead atoms. The summed E-state index contributed by atoms with van der Waals surface area (Å²) in [7, 11) is 1.68. The topological polar surface area (TPSA) is 93.5 Å². The van der Waals surface area contributed by atoms with E-state index in [0.717, 1.165) is 0 Å². The van der Waals surface area contributed by atoms with Crippen molar-refractivity contribution in [2.75, 3.05) is 25.6 Å². The second-order valence-electron chi connectivity index (χ2n) is 4.27. The summed E-state index contributed by atoms with van der Waals surface area (Å²) in [6.07, 6.45) is 0. The van der Waals surface area contributed by atoms with Crippen molar-refractivity contribution < 1.29 is 14.5 Å².